The van der Waals surface area contributed by atoms with E-state index in [-0.39, 0.29) is 0 Å². The first-order valence-corrected chi connectivity index (χ1v) is 19.8. The molecule has 10 aromatic carbocycles. The lowest BCUT2D eigenvalue weighted by atomic mass is 9.96. The van der Waals surface area contributed by atoms with Crippen LogP contribution in [-0.4, -0.2) is 0 Å². The smallest absolute Gasteiger partial charge is 0.143 e. The molecule has 0 radical (unpaired) electrons. The maximum absolute atomic E-state index is 6.44. The van der Waals surface area contributed by atoms with E-state index in [1.807, 2.05) is 12.1 Å². The summed E-state index contributed by atoms with van der Waals surface area (Å²) < 4.78 is 6.44. The molecule has 2 nitrogen and oxygen atoms in total. The van der Waals surface area contributed by atoms with Crippen LogP contribution in [0, 0.1) is 0 Å². The first-order chi connectivity index (χ1) is 28.7. The summed E-state index contributed by atoms with van der Waals surface area (Å²) in [6.07, 6.45) is 0. The van der Waals surface area contributed by atoms with Gasteiger partial charge in [-0.3, -0.25) is 0 Å². The van der Waals surface area contributed by atoms with Gasteiger partial charge in [0, 0.05) is 33.3 Å². The molecule has 0 bridgehead atoms. The zero-order valence-corrected chi connectivity index (χ0v) is 31.7. The lowest BCUT2D eigenvalue weighted by Gasteiger charge is -2.28. The first-order valence-electron chi connectivity index (χ1n) is 19.8. The lowest BCUT2D eigenvalue weighted by Crippen LogP contribution is -2.11. The standard InChI is InChI=1S/C56H37NO/c1-2-13-44-37-45(28-25-38(44)11-1)39-23-26-42(27-24-39)50-16-5-7-21-54(50)57(46-33-29-41(30-34-46)49-18-9-14-40-12-3-4-15-48(40)49)47-35-31-43(32-36-47)51-19-10-20-53-52-17-6-8-22-55(52)58-56(51)53/h1-37H. The third kappa shape index (κ3) is 5.91. The van der Waals surface area contributed by atoms with Crippen LogP contribution >= 0.6 is 0 Å². The first kappa shape index (κ1) is 33.6. The van der Waals surface area contributed by atoms with Crippen LogP contribution in [0.5, 0.6) is 0 Å². The molecule has 0 amide bonds. The molecule has 1 aromatic heterocycles. The lowest BCUT2D eigenvalue weighted by molar-refractivity contribution is 0.670. The van der Waals surface area contributed by atoms with E-state index in [4.69, 9.17) is 4.42 Å². The van der Waals surface area contributed by atoms with Crippen LogP contribution in [0.2, 0.25) is 0 Å². The molecule has 0 fully saturated rings. The fourth-order valence-corrected chi connectivity index (χ4v) is 8.58. The van der Waals surface area contributed by atoms with Crippen LogP contribution in [0.25, 0.3) is 88.0 Å². The van der Waals surface area contributed by atoms with Gasteiger partial charge in [-0.2, -0.15) is 0 Å². The van der Waals surface area contributed by atoms with Gasteiger partial charge in [0.2, 0.25) is 0 Å². The number of nitrogens with zero attached hydrogens (tertiary/aromatic N) is 1. The average Bonchev–Trinajstić information content (AvgIpc) is 3.69. The number of hydrogen-bond donors (Lipinski definition) is 0. The third-order valence-electron chi connectivity index (χ3n) is 11.5. The Kier molecular flexibility index (Phi) is 8.19. The van der Waals surface area contributed by atoms with Gasteiger partial charge in [-0.25, -0.2) is 0 Å². The number of para-hydroxylation sites is 3. The third-order valence-corrected chi connectivity index (χ3v) is 11.5. The van der Waals surface area contributed by atoms with E-state index in [1.165, 1.54) is 43.8 Å². The van der Waals surface area contributed by atoms with E-state index in [1.54, 1.807) is 0 Å². The van der Waals surface area contributed by atoms with E-state index in [0.29, 0.717) is 0 Å². The quantitative estimate of drug-likeness (QED) is 0.162. The molecule has 0 aliphatic rings. The van der Waals surface area contributed by atoms with Crippen molar-refractivity contribution in [3.63, 3.8) is 0 Å². The summed E-state index contributed by atoms with van der Waals surface area (Å²) in [5.41, 5.74) is 14.4. The minimum atomic E-state index is 0.904. The summed E-state index contributed by atoms with van der Waals surface area (Å²) in [7, 11) is 0. The van der Waals surface area contributed by atoms with Crippen LogP contribution in [0.4, 0.5) is 17.1 Å². The van der Waals surface area contributed by atoms with Crippen LogP contribution in [0.15, 0.2) is 229 Å². The molecular formula is C56H37NO. The maximum Gasteiger partial charge on any atom is 0.143 e. The van der Waals surface area contributed by atoms with E-state index in [2.05, 4.69) is 217 Å². The van der Waals surface area contributed by atoms with Gasteiger partial charge in [0.05, 0.1) is 5.69 Å². The van der Waals surface area contributed by atoms with Crippen LogP contribution in [0.1, 0.15) is 0 Å². The Morgan fingerprint density at radius 3 is 1.59 bits per heavy atom. The van der Waals surface area contributed by atoms with Crippen molar-refractivity contribution in [1.29, 1.82) is 0 Å². The van der Waals surface area contributed by atoms with Crippen LogP contribution in [-0.2, 0) is 0 Å². The molecule has 272 valence electrons. The van der Waals surface area contributed by atoms with Gasteiger partial charge in [0.1, 0.15) is 11.2 Å². The summed E-state index contributed by atoms with van der Waals surface area (Å²) in [6, 6.07) is 80.7. The summed E-state index contributed by atoms with van der Waals surface area (Å²) in [5, 5.41) is 7.26. The second-order valence-corrected chi connectivity index (χ2v) is 14.9. The van der Waals surface area contributed by atoms with Crippen molar-refractivity contribution in [3.8, 4) is 44.5 Å². The van der Waals surface area contributed by atoms with Crippen molar-refractivity contribution in [1.82, 2.24) is 0 Å². The van der Waals surface area contributed by atoms with Gasteiger partial charge in [-0.15, -0.1) is 0 Å². The number of rotatable bonds is 7. The number of fused-ring (bicyclic) bond motifs is 5. The summed E-state index contributed by atoms with van der Waals surface area (Å²) in [4.78, 5) is 2.38. The molecule has 0 spiro atoms. The van der Waals surface area contributed by atoms with Crippen molar-refractivity contribution in [3.05, 3.63) is 224 Å². The molecule has 11 rings (SSSR count). The Morgan fingerprint density at radius 1 is 0.293 bits per heavy atom. The molecule has 0 aliphatic carbocycles. The van der Waals surface area contributed by atoms with Gasteiger partial charge in [-0.05, 0) is 97.4 Å². The molecule has 58 heavy (non-hydrogen) atoms. The van der Waals surface area contributed by atoms with Crippen molar-refractivity contribution >= 4 is 60.5 Å². The fourth-order valence-electron chi connectivity index (χ4n) is 8.58. The second-order valence-electron chi connectivity index (χ2n) is 14.9. The minimum absolute atomic E-state index is 0.904. The van der Waals surface area contributed by atoms with E-state index in [0.717, 1.165) is 61.3 Å². The molecule has 0 N–H and O–H groups in total. The number of anilines is 3. The molecule has 0 unspecified atom stereocenters. The number of hydrogen-bond acceptors (Lipinski definition) is 2. The van der Waals surface area contributed by atoms with Gasteiger partial charge in [-0.1, -0.05) is 182 Å². The van der Waals surface area contributed by atoms with Crippen molar-refractivity contribution in [2.45, 2.75) is 0 Å². The Labute approximate surface area is 337 Å². The Bertz CT molecular complexity index is 3260. The van der Waals surface area contributed by atoms with Crippen molar-refractivity contribution < 1.29 is 4.42 Å². The molecule has 0 aliphatic heterocycles. The van der Waals surface area contributed by atoms with E-state index < -0.39 is 0 Å². The van der Waals surface area contributed by atoms with Gasteiger partial charge in [0.15, 0.2) is 0 Å². The van der Waals surface area contributed by atoms with Crippen molar-refractivity contribution in [2.75, 3.05) is 4.90 Å². The van der Waals surface area contributed by atoms with Crippen LogP contribution in [0.3, 0.4) is 0 Å². The molecular weight excluding hydrogens is 703 g/mol. The Hall–Kier alpha value is -7.68. The fraction of sp³-hybridized carbons (Fsp3) is 0. The van der Waals surface area contributed by atoms with Gasteiger partial charge >= 0.3 is 0 Å². The summed E-state index contributed by atoms with van der Waals surface area (Å²) >= 11 is 0. The highest BCUT2D eigenvalue weighted by Crippen LogP contribution is 2.43. The highest BCUT2D eigenvalue weighted by atomic mass is 16.3. The zero-order chi connectivity index (χ0) is 38.4. The Morgan fingerprint density at radius 2 is 0.793 bits per heavy atom. The monoisotopic (exact) mass is 739 g/mol. The van der Waals surface area contributed by atoms with E-state index >= 15 is 0 Å². The predicted molar refractivity (Wildman–Crippen MR) is 245 cm³/mol. The molecule has 11 aromatic rings. The normalized spacial score (nSPS) is 11.4. The topological polar surface area (TPSA) is 16.4 Å². The Balaban J connectivity index is 1.01. The highest BCUT2D eigenvalue weighted by molar-refractivity contribution is 6.09. The second kappa shape index (κ2) is 14.1. The highest BCUT2D eigenvalue weighted by Gasteiger charge is 2.19. The van der Waals surface area contributed by atoms with Gasteiger partial charge in [0.25, 0.3) is 0 Å². The van der Waals surface area contributed by atoms with Crippen LogP contribution < -0.4 is 4.90 Å². The maximum atomic E-state index is 6.44. The van der Waals surface area contributed by atoms with E-state index in [9.17, 15) is 0 Å². The largest absolute Gasteiger partial charge is 0.455 e. The average molecular weight is 740 g/mol. The van der Waals surface area contributed by atoms with Crippen molar-refractivity contribution in [2.24, 2.45) is 0 Å². The molecule has 2 heteroatoms. The SMILES string of the molecule is c1ccc(N(c2ccc(-c3cccc4ccccc34)cc2)c2ccc(-c3cccc4c3oc3ccccc34)cc2)c(-c2ccc(-c3ccc4ccccc4c3)cc2)c1. The number of benzene rings is 10. The summed E-state index contributed by atoms with van der Waals surface area (Å²) in [6.45, 7) is 0. The zero-order valence-electron chi connectivity index (χ0n) is 31.7. The minimum Gasteiger partial charge on any atom is -0.455 e. The number of furan rings is 1. The molecule has 0 saturated carbocycles. The molecule has 1 heterocycles. The summed E-state index contributed by atoms with van der Waals surface area (Å²) in [5.74, 6) is 0. The predicted octanol–water partition coefficient (Wildman–Crippen LogP) is 16.0. The van der Waals surface area contributed by atoms with Gasteiger partial charge < -0.3 is 9.32 Å². The molecule has 0 atom stereocenters. The molecule has 0 saturated heterocycles.